The third-order valence-corrected chi connectivity index (χ3v) is 22.4. The Morgan fingerprint density at radius 1 is 0.500 bits per heavy atom. The molecule has 0 saturated carbocycles. The molecule has 0 aromatic carbocycles. The summed E-state index contributed by atoms with van der Waals surface area (Å²) >= 11 is 19.4. The number of hydrogen-bond acceptors (Lipinski definition) is 32. The Bertz CT molecular complexity index is 4780. The van der Waals surface area contributed by atoms with Crippen LogP contribution < -0.4 is 44.3 Å². The van der Waals surface area contributed by atoms with Crippen LogP contribution >= 0.6 is 39.2 Å². The highest BCUT2D eigenvalue weighted by atomic mass is 32.7. The van der Waals surface area contributed by atoms with E-state index in [-0.39, 0.29) is 68.4 Å². The quantitative estimate of drug-likeness (QED) is 0.0576. The third kappa shape index (κ3) is 14.7. The minimum atomic E-state index is -4.65. The highest BCUT2D eigenvalue weighted by molar-refractivity contribution is 8.44. The molecule has 0 aliphatic carbocycles. The van der Waals surface area contributed by atoms with E-state index in [9.17, 15) is 48.0 Å². The van der Waals surface area contributed by atoms with Crippen LogP contribution in [0.3, 0.4) is 0 Å². The van der Waals surface area contributed by atoms with Crippen molar-refractivity contribution < 1.29 is 102 Å². The van der Waals surface area contributed by atoms with E-state index in [1.165, 1.54) is 0 Å². The molecule has 102 heavy (non-hydrogen) atoms. The lowest BCUT2D eigenvalue weighted by Crippen LogP contribution is -2.35. The van der Waals surface area contributed by atoms with Crippen molar-refractivity contribution in [3.8, 4) is 0 Å². The van der Waals surface area contributed by atoms with Crippen LogP contribution in [0.1, 0.15) is 52.6 Å². The van der Waals surface area contributed by atoms with Crippen LogP contribution in [0.5, 0.6) is 0 Å². The standard InChI is InChI=1S/C28H34F2N10O12P2S2.C20H22F2N10O10P2S2/c1-9(2)21(41)35-27-33-19-15(23(43)37-27)31-7-39(19)25-17-13(29)11(49-25)5-47-54(46,56)52-18-14(30)12(6-48-53(45,55)51-17)50-26(18)40-8-32-16-20(40)34-28(38-24(16)44)36-22(42)10(3)4;21-7-5-1-37-43(35,45)41-12-8(22)6(40-18(12)32-4-26-10-14(32)28-20(24)30-16(10)34)2-38-44(36,46)42-11(7)17(39-5)31-3-25-9-13(31)27-19(23)29-15(9)33/h7-14,17-18,25-26H,5-6H2,1-4H3,(H,45,55)(H,46,56)(H2,33,35,37,41,43)(H2,34,36,38,42,44);3-8,11-12,17-18H,1-2H2,(H,35,45)(H,36,46)(H3,23,27,29,33)(H3,24,28,30,34)/t11-,12-,13+,14+,17-,18-,25-,26-,53?,54?;5-,6-,7+,8+,11-,12-,17-,18-,43?,44?/m11/s1. The number of nitrogens with one attached hydrogen (secondary N) is 6. The van der Waals surface area contributed by atoms with Crippen molar-refractivity contribution in [3.05, 3.63) is 66.7 Å². The fourth-order valence-electron chi connectivity index (χ4n) is 11.2. The second-order valence-corrected chi connectivity index (χ2v) is 34.9. The lowest BCUT2D eigenvalue weighted by Gasteiger charge is -2.27. The van der Waals surface area contributed by atoms with Crippen molar-refractivity contribution in [2.75, 3.05) is 48.5 Å². The van der Waals surface area contributed by atoms with Gasteiger partial charge in [0.25, 0.3) is 22.2 Å². The summed E-state index contributed by atoms with van der Waals surface area (Å²) < 4.78 is 150. The van der Waals surface area contributed by atoms with Gasteiger partial charge >= 0.3 is 27.0 Å². The summed E-state index contributed by atoms with van der Waals surface area (Å²) in [5.74, 6) is -2.97. The zero-order chi connectivity index (χ0) is 73.1. The minimum absolute atomic E-state index is 0.114. The molecule has 0 spiro atoms. The molecule has 8 aromatic heterocycles. The number of rotatable bonds is 8. The topological polar surface area (TPSA) is 553 Å². The number of carbonyl (C=O) groups is 2. The molecule has 8 bridgehead atoms. The number of nitrogen functional groups attached to an aromatic ring is 2. The van der Waals surface area contributed by atoms with Crippen molar-refractivity contribution >= 4 is 155 Å². The fourth-order valence-corrected chi connectivity index (χ4v) is 16.9. The number of anilines is 4. The van der Waals surface area contributed by atoms with Crippen LogP contribution in [0.4, 0.5) is 41.4 Å². The largest absolute Gasteiger partial charge is 0.386 e. The first kappa shape index (κ1) is 73.9. The van der Waals surface area contributed by atoms with Crippen LogP contribution in [0, 0.1) is 11.8 Å². The molecule has 0 radical (unpaired) electrons. The molecule has 2 amide bonds. The SMILES string of the molecule is CC(C)C(=O)Nc1nc2c(ncn2[C@@H]2O[C@@H]3COP(O)(=S)O[C@@H]4[C@@H](F)[C@@H](COP(=O)(S)O[C@@H]2[C@H]3F)O[C@H]4n2cnc3c(=O)[nH]c(NC(=O)C(C)C)nc32)c(=O)[nH]1.Nc1nc2c(ncn2[C@@H]2O[C@@H]3COP(O)(=S)O[C@@H]4[C@@H](F)[C@@H](COP(O)(=S)O[C@@H]2[C@H]3F)O[C@H]4n2cnc3c(=O)[nH]c(N)nc32)c(=O)[nH]1. The number of thiol groups is 1. The molecule has 6 saturated heterocycles. The van der Waals surface area contributed by atoms with Crippen molar-refractivity contribution in [3.63, 3.8) is 0 Å². The van der Waals surface area contributed by atoms with E-state index in [4.69, 9.17) is 102 Å². The Labute approximate surface area is 584 Å². The number of ether oxygens (including phenoxy) is 4. The number of aromatic amines is 4. The van der Waals surface area contributed by atoms with Crippen molar-refractivity contribution in [2.45, 2.75) is 126 Å². The van der Waals surface area contributed by atoms with Crippen LogP contribution in [0.2, 0.25) is 0 Å². The number of imidazole rings is 4. The molecule has 6 fully saturated rings. The van der Waals surface area contributed by atoms with Crippen LogP contribution in [-0.2, 0) is 105 Å². The van der Waals surface area contributed by atoms with E-state index in [1.807, 2.05) is 0 Å². The number of amides is 2. The summed E-state index contributed by atoms with van der Waals surface area (Å²) in [6.07, 6.45) is -23.9. The number of halogens is 4. The van der Waals surface area contributed by atoms with Crippen LogP contribution in [-0.4, -0.2) is 205 Å². The van der Waals surface area contributed by atoms with E-state index in [0.717, 1.165) is 43.6 Å². The summed E-state index contributed by atoms with van der Waals surface area (Å²) in [5.41, 5.74) is 7.01. The zero-order valence-corrected chi connectivity index (χ0v) is 59.0. The lowest BCUT2D eigenvalue weighted by molar-refractivity contribution is -0.119. The number of fused-ring (bicyclic) bond motifs is 12. The Hall–Kier alpha value is -6.41. The smallest absolute Gasteiger partial charge is 0.369 e. The molecule has 6 aliphatic heterocycles. The van der Waals surface area contributed by atoms with E-state index >= 15 is 17.6 Å². The molecular formula is C48H56F4N20O22P4S4. The first-order chi connectivity index (χ1) is 48.0. The number of aromatic nitrogens is 16. The van der Waals surface area contributed by atoms with Gasteiger partial charge in [-0.15, -0.1) is 0 Å². The van der Waals surface area contributed by atoms with Gasteiger partial charge in [0, 0.05) is 11.8 Å². The summed E-state index contributed by atoms with van der Waals surface area (Å²) in [4.78, 5) is 150. The number of nitrogens with zero attached hydrogens (tertiary/aromatic N) is 12. The van der Waals surface area contributed by atoms with Gasteiger partial charge in [-0.2, -0.15) is 19.9 Å². The average Bonchev–Trinajstić information content (AvgIpc) is 1.62. The van der Waals surface area contributed by atoms with E-state index in [1.54, 1.807) is 27.7 Å². The summed E-state index contributed by atoms with van der Waals surface area (Å²) in [5, 5.41) is 4.91. The molecule has 54 heteroatoms. The molecule has 14 heterocycles. The maximum atomic E-state index is 16.3. The molecule has 8 aromatic rings. The fraction of sp³-hybridized carbons (Fsp3) is 0.542. The van der Waals surface area contributed by atoms with Crippen molar-refractivity contribution in [1.82, 2.24) is 78.1 Å². The molecule has 13 N–H and O–H groups in total. The molecule has 14 rings (SSSR count). The van der Waals surface area contributed by atoms with Gasteiger partial charge in [-0.05, 0) is 35.4 Å². The van der Waals surface area contributed by atoms with Crippen molar-refractivity contribution in [1.29, 1.82) is 0 Å². The van der Waals surface area contributed by atoms with Gasteiger partial charge < -0.3 is 58.7 Å². The number of H-pyrrole nitrogens is 4. The average molecular weight is 1590 g/mol. The van der Waals surface area contributed by atoms with Crippen LogP contribution in [0.25, 0.3) is 44.7 Å². The minimum Gasteiger partial charge on any atom is -0.369 e. The van der Waals surface area contributed by atoms with Gasteiger partial charge in [-0.25, -0.2) is 42.1 Å². The van der Waals surface area contributed by atoms with Gasteiger partial charge in [0.1, 0.15) is 48.8 Å². The van der Waals surface area contributed by atoms with Crippen molar-refractivity contribution in [2.24, 2.45) is 11.8 Å². The first-order valence-electron chi connectivity index (χ1n) is 29.8. The Morgan fingerprint density at radius 3 is 1.06 bits per heavy atom. The Kier molecular flexibility index (Phi) is 20.4. The monoisotopic (exact) mass is 1590 g/mol. The number of carbonyl (C=O) groups excluding carboxylic acids is 2. The molecule has 20 atom stereocenters. The van der Waals surface area contributed by atoms with E-state index in [0.29, 0.717) is 0 Å². The predicted molar refractivity (Wildman–Crippen MR) is 353 cm³/mol. The predicted octanol–water partition coefficient (Wildman–Crippen LogP) is 1.12. The molecule has 552 valence electrons. The van der Waals surface area contributed by atoms with Crippen LogP contribution in [0.15, 0.2) is 44.5 Å². The normalized spacial score (nSPS) is 34.6. The molecular weight excluding hydrogens is 1540 g/mol. The maximum absolute atomic E-state index is 16.3. The highest BCUT2D eigenvalue weighted by Crippen LogP contribution is 2.60. The van der Waals surface area contributed by atoms with Gasteiger partial charge in [0.15, 0.2) is 94.3 Å². The summed E-state index contributed by atoms with van der Waals surface area (Å²) in [7, 11) is 0. The number of hydrogen-bond donors (Lipinski definition) is 12. The molecule has 4 unspecified atom stereocenters. The zero-order valence-electron chi connectivity index (χ0n) is 52.1. The Balaban J connectivity index is 0.000000185. The maximum Gasteiger partial charge on any atom is 0.386 e. The number of alkyl halides is 4. The van der Waals surface area contributed by atoms with Gasteiger partial charge in [-0.3, -0.25) is 100 Å². The molecule has 42 nitrogen and oxygen atoms in total. The highest BCUT2D eigenvalue weighted by Gasteiger charge is 2.57. The second-order valence-electron chi connectivity index (χ2n) is 23.7. The summed E-state index contributed by atoms with van der Waals surface area (Å²) in [6.45, 7) is -14.7. The van der Waals surface area contributed by atoms with Gasteiger partial charge in [-0.1, -0.05) is 39.9 Å². The van der Waals surface area contributed by atoms with Gasteiger partial charge in [0.05, 0.1) is 51.7 Å². The molecule has 6 aliphatic rings. The van der Waals surface area contributed by atoms with E-state index < -0.39 is 198 Å². The number of nitrogens with two attached hydrogens (primary N) is 2. The van der Waals surface area contributed by atoms with E-state index in [2.05, 4.69) is 82.7 Å². The van der Waals surface area contributed by atoms with Gasteiger partial charge in [0.2, 0.25) is 35.6 Å². The first-order valence-corrected chi connectivity index (χ1v) is 40.3. The third-order valence-electron chi connectivity index (χ3n) is 16.1. The summed E-state index contributed by atoms with van der Waals surface area (Å²) in [6, 6.07) is 0. The Morgan fingerprint density at radius 2 is 0.765 bits per heavy atom. The second kappa shape index (κ2) is 28.1. The lowest BCUT2D eigenvalue weighted by atomic mass is 10.1.